The number of primary amides is 1. The Hall–Kier alpha value is -3.35. The van der Waals surface area contributed by atoms with E-state index in [0.717, 1.165) is 22.4 Å². The molecule has 3 aromatic rings. The van der Waals surface area contributed by atoms with Gasteiger partial charge in [-0.15, -0.1) is 0 Å². The summed E-state index contributed by atoms with van der Waals surface area (Å²) in [6, 6.07) is 14.0. The summed E-state index contributed by atoms with van der Waals surface area (Å²) in [5.41, 5.74) is 8.28. The summed E-state index contributed by atoms with van der Waals surface area (Å²) in [6.45, 7) is 4.40. The molecule has 1 aromatic heterocycles. The van der Waals surface area contributed by atoms with E-state index < -0.39 is 6.03 Å². The molecule has 1 unspecified atom stereocenters. The maximum Gasteiger partial charge on any atom is 0.312 e. The molecule has 0 aliphatic carbocycles. The first kappa shape index (κ1) is 18.4. The van der Waals surface area contributed by atoms with E-state index in [0.29, 0.717) is 12.1 Å². The molecular formula is C20H23N5O2. The van der Waals surface area contributed by atoms with Gasteiger partial charge in [0.1, 0.15) is 5.82 Å². The standard InChI is InChI=1S/C20H23N5O2/c1-12(2)17(18-23-15-5-3-4-6-16(15)24-18)25-19(26)14-9-7-13(8-10-14)11-22-20(21)27/h3-10,12,17H,11H2,1-2H3,(H,23,24)(H,25,26)(H3,21,22,27). The van der Waals surface area contributed by atoms with Crippen molar-refractivity contribution in [3.8, 4) is 0 Å². The molecule has 0 aliphatic rings. The molecule has 3 rings (SSSR count). The molecule has 0 fully saturated rings. The summed E-state index contributed by atoms with van der Waals surface area (Å²) >= 11 is 0. The first-order chi connectivity index (χ1) is 12.9. The van der Waals surface area contributed by atoms with E-state index in [9.17, 15) is 9.59 Å². The van der Waals surface area contributed by atoms with E-state index in [2.05, 4.69) is 20.6 Å². The lowest BCUT2D eigenvalue weighted by atomic mass is 10.0. The second-order valence-electron chi connectivity index (χ2n) is 6.75. The maximum absolute atomic E-state index is 12.7. The number of hydrogen-bond donors (Lipinski definition) is 4. The van der Waals surface area contributed by atoms with Crippen LogP contribution in [0.2, 0.25) is 0 Å². The number of hydrogen-bond acceptors (Lipinski definition) is 3. The van der Waals surface area contributed by atoms with E-state index in [1.54, 1.807) is 24.3 Å². The molecule has 0 radical (unpaired) electrons. The minimum atomic E-state index is -0.581. The Bertz CT molecular complexity index is 913. The lowest BCUT2D eigenvalue weighted by molar-refractivity contribution is 0.0923. The normalized spacial score (nSPS) is 12.1. The van der Waals surface area contributed by atoms with Crippen molar-refractivity contribution in [2.75, 3.05) is 0 Å². The van der Waals surface area contributed by atoms with Crippen LogP contribution in [0.1, 0.15) is 41.6 Å². The van der Waals surface area contributed by atoms with E-state index >= 15 is 0 Å². The average molecular weight is 365 g/mol. The van der Waals surface area contributed by atoms with E-state index in [1.807, 2.05) is 38.1 Å². The predicted octanol–water partition coefficient (Wildman–Crippen LogP) is 2.86. The van der Waals surface area contributed by atoms with Crippen LogP contribution in [-0.4, -0.2) is 21.9 Å². The maximum atomic E-state index is 12.7. The van der Waals surface area contributed by atoms with Gasteiger partial charge >= 0.3 is 6.03 Å². The lowest BCUT2D eigenvalue weighted by Crippen LogP contribution is -2.32. The quantitative estimate of drug-likeness (QED) is 0.539. The van der Waals surface area contributed by atoms with Gasteiger partial charge in [0.05, 0.1) is 17.1 Å². The topological polar surface area (TPSA) is 113 Å². The highest BCUT2D eigenvalue weighted by molar-refractivity contribution is 5.94. The van der Waals surface area contributed by atoms with Gasteiger partial charge < -0.3 is 21.4 Å². The van der Waals surface area contributed by atoms with E-state index in [1.165, 1.54) is 0 Å². The van der Waals surface area contributed by atoms with Crippen LogP contribution < -0.4 is 16.4 Å². The summed E-state index contributed by atoms with van der Waals surface area (Å²) in [7, 11) is 0. The second kappa shape index (κ2) is 7.90. The van der Waals surface area contributed by atoms with Gasteiger partial charge in [0.25, 0.3) is 5.91 Å². The number of benzene rings is 2. The van der Waals surface area contributed by atoms with Crippen molar-refractivity contribution in [2.24, 2.45) is 11.7 Å². The van der Waals surface area contributed by atoms with Crippen LogP contribution in [0.4, 0.5) is 4.79 Å². The van der Waals surface area contributed by atoms with Gasteiger partial charge in [0.15, 0.2) is 0 Å². The molecule has 0 aliphatic heterocycles. The van der Waals surface area contributed by atoms with Crippen LogP contribution in [-0.2, 0) is 6.54 Å². The number of nitrogens with zero attached hydrogens (tertiary/aromatic N) is 1. The molecule has 5 N–H and O–H groups in total. The Morgan fingerprint density at radius 2 is 1.81 bits per heavy atom. The van der Waals surface area contributed by atoms with Crippen molar-refractivity contribution >= 4 is 23.0 Å². The molecule has 7 heteroatoms. The number of rotatable bonds is 6. The fourth-order valence-corrected chi connectivity index (χ4v) is 2.86. The Morgan fingerprint density at radius 1 is 1.11 bits per heavy atom. The van der Waals surface area contributed by atoms with Gasteiger partial charge in [-0.05, 0) is 35.7 Å². The molecule has 140 valence electrons. The lowest BCUT2D eigenvalue weighted by Gasteiger charge is -2.20. The molecule has 27 heavy (non-hydrogen) atoms. The predicted molar refractivity (Wildman–Crippen MR) is 104 cm³/mol. The molecular weight excluding hydrogens is 342 g/mol. The fourth-order valence-electron chi connectivity index (χ4n) is 2.86. The Kier molecular flexibility index (Phi) is 5.40. The molecule has 7 nitrogen and oxygen atoms in total. The van der Waals surface area contributed by atoms with Crippen LogP contribution in [0.5, 0.6) is 0 Å². The second-order valence-corrected chi connectivity index (χ2v) is 6.75. The molecule has 0 bridgehead atoms. The van der Waals surface area contributed by atoms with E-state index in [-0.39, 0.29) is 17.9 Å². The van der Waals surface area contributed by atoms with Crippen molar-refractivity contribution in [1.82, 2.24) is 20.6 Å². The average Bonchev–Trinajstić information content (AvgIpc) is 3.08. The highest BCUT2D eigenvalue weighted by Crippen LogP contribution is 2.22. The van der Waals surface area contributed by atoms with Crippen molar-refractivity contribution in [2.45, 2.75) is 26.4 Å². The largest absolute Gasteiger partial charge is 0.352 e. The summed E-state index contributed by atoms with van der Waals surface area (Å²) in [4.78, 5) is 31.4. The zero-order valence-corrected chi connectivity index (χ0v) is 15.3. The molecule has 0 saturated carbocycles. The first-order valence-electron chi connectivity index (χ1n) is 8.82. The minimum Gasteiger partial charge on any atom is -0.352 e. The van der Waals surface area contributed by atoms with Gasteiger partial charge in [-0.25, -0.2) is 9.78 Å². The van der Waals surface area contributed by atoms with Gasteiger partial charge in [-0.2, -0.15) is 0 Å². The summed E-state index contributed by atoms with van der Waals surface area (Å²) < 4.78 is 0. The van der Waals surface area contributed by atoms with Gasteiger partial charge in [-0.1, -0.05) is 38.1 Å². The van der Waals surface area contributed by atoms with Crippen LogP contribution in [0.3, 0.4) is 0 Å². The van der Waals surface area contributed by atoms with Crippen molar-refractivity contribution < 1.29 is 9.59 Å². The molecule has 2 aromatic carbocycles. The number of aromatic nitrogens is 2. The highest BCUT2D eigenvalue weighted by Gasteiger charge is 2.22. The first-order valence-corrected chi connectivity index (χ1v) is 8.82. The third-order valence-electron chi connectivity index (χ3n) is 4.34. The van der Waals surface area contributed by atoms with Crippen LogP contribution in [0.15, 0.2) is 48.5 Å². The van der Waals surface area contributed by atoms with Crippen LogP contribution in [0, 0.1) is 5.92 Å². The number of para-hydroxylation sites is 2. The van der Waals surface area contributed by atoms with E-state index in [4.69, 9.17) is 5.73 Å². The molecule has 1 heterocycles. The number of aromatic amines is 1. The number of amides is 3. The van der Waals surface area contributed by atoms with Crippen molar-refractivity contribution in [1.29, 1.82) is 0 Å². The Balaban J connectivity index is 1.74. The van der Waals surface area contributed by atoms with Crippen LogP contribution >= 0.6 is 0 Å². The molecule has 3 amide bonds. The zero-order chi connectivity index (χ0) is 19.4. The smallest absolute Gasteiger partial charge is 0.312 e. The SMILES string of the molecule is CC(C)C(NC(=O)c1ccc(CNC(N)=O)cc1)c1nc2ccccc2[nH]1. The van der Waals surface area contributed by atoms with Crippen molar-refractivity contribution in [3.63, 3.8) is 0 Å². The number of H-pyrrole nitrogens is 1. The van der Waals surface area contributed by atoms with Crippen LogP contribution in [0.25, 0.3) is 11.0 Å². The third-order valence-corrected chi connectivity index (χ3v) is 4.34. The monoisotopic (exact) mass is 365 g/mol. The number of urea groups is 1. The number of carbonyl (C=O) groups excluding carboxylic acids is 2. The number of nitrogens with two attached hydrogens (primary N) is 1. The molecule has 1 atom stereocenters. The number of fused-ring (bicyclic) bond motifs is 1. The fraction of sp³-hybridized carbons (Fsp3) is 0.250. The van der Waals surface area contributed by atoms with Gasteiger partial charge in [-0.3, -0.25) is 4.79 Å². The molecule has 0 saturated heterocycles. The number of carbonyl (C=O) groups is 2. The zero-order valence-electron chi connectivity index (χ0n) is 15.3. The highest BCUT2D eigenvalue weighted by atomic mass is 16.2. The summed E-state index contributed by atoms with van der Waals surface area (Å²) in [5.74, 6) is 0.721. The summed E-state index contributed by atoms with van der Waals surface area (Å²) in [6.07, 6.45) is 0. The number of nitrogens with one attached hydrogen (secondary N) is 3. The van der Waals surface area contributed by atoms with Gasteiger partial charge in [0, 0.05) is 12.1 Å². The number of imidazole rings is 1. The van der Waals surface area contributed by atoms with Gasteiger partial charge in [0.2, 0.25) is 0 Å². The Morgan fingerprint density at radius 3 is 2.44 bits per heavy atom. The Labute approximate surface area is 157 Å². The summed E-state index contributed by atoms with van der Waals surface area (Å²) in [5, 5.41) is 5.57. The third kappa shape index (κ3) is 4.44. The molecule has 0 spiro atoms. The minimum absolute atomic E-state index is 0.161. The van der Waals surface area contributed by atoms with Crippen molar-refractivity contribution in [3.05, 3.63) is 65.5 Å².